The number of hydrogen-bond donors (Lipinski definition) is 2. The summed E-state index contributed by atoms with van der Waals surface area (Å²) in [5.74, 6) is 0.181. The minimum atomic E-state index is -0.215. The molecule has 0 aromatic heterocycles. The number of nitrogens with two attached hydrogens (primary N) is 1. The molecule has 1 atom stereocenters. The normalized spacial score (nSPS) is 11.6. The van der Waals surface area contributed by atoms with Gasteiger partial charge in [0.2, 0.25) is 0 Å². The van der Waals surface area contributed by atoms with Crippen LogP contribution in [-0.4, -0.2) is 5.11 Å². The maximum Gasteiger partial charge on any atom is 0.143 e. The van der Waals surface area contributed by atoms with Crippen LogP contribution in [-0.2, 0) is 0 Å². The second kappa shape index (κ2) is 5.75. The third-order valence-corrected chi connectivity index (χ3v) is 2.89. The monoisotopic (exact) mass is 341 g/mol. The summed E-state index contributed by atoms with van der Waals surface area (Å²) < 4.78 is 1.24. The van der Waals surface area contributed by atoms with Crippen molar-refractivity contribution in [1.29, 1.82) is 0 Å². The molecule has 0 aliphatic carbocycles. The zero-order chi connectivity index (χ0) is 10.0. The van der Waals surface area contributed by atoms with Crippen molar-refractivity contribution in [2.45, 2.75) is 6.04 Å². The third kappa shape index (κ3) is 2.98. The quantitative estimate of drug-likeness (QED) is 0.807. The van der Waals surface area contributed by atoms with Crippen LogP contribution in [0.1, 0.15) is 11.6 Å². The van der Waals surface area contributed by atoms with Crippen molar-refractivity contribution in [3.63, 3.8) is 0 Å². The molecule has 1 rings (SSSR count). The molecule has 3 N–H and O–H groups in total. The Kier molecular flexibility index (Phi) is 5.74. The second-order valence-electron chi connectivity index (χ2n) is 2.59. The van der Waals surface area contributed by atoms with E-state index in [9.17, 15) is 5.11 Å². The topological polar surface area (TPSA) is 46.2 Å². The number of phenolic OH excluding ortho intramolecular Hbond substituents is 1. The van der Waals surface area contributed by atoms with Gasteiger partial charge < -0.3 is 10.8 Å². The zero-order valence-electron chi connectivity index (χ0n) is 7.21. The highest BCUT2D eigenvalue weighted by Gasteiger charge is 2.08. The molecule has 0 bridgehead atoms. The lowest BCUT2D eigenvalue weighted by Gasteiger charge is -2.09. The summed E-state index contributed by atoms with van der Waals surface area (Å²) >= 11 is 6.45. The number of aromatic hydroxyl groups is 1. The van der Waals surface area contributed by atoms with Gasteiger partial charge in [-0.05, 0) is 49.6 Å². The minimum absolute atomic E-state index is 0. The van der Waals surface area contributed by atoms with E-state index < -0.39 is 0 Å². The Hall–Kier alpha value is -0.0300. The van der Waals surface area contributed by atoms with E-state index in [0.717, 1.165) is 5.56 Å². The molecule has 14 heavy (non-hydrogen) atoms. The molecule has 0 aliphatic heterocycles. The van der Waals surface area contributed by atoms with Gasteiger partial charge in [0.15, 0.2) is 0 Å². The fourth-order valence-corrected chi connectivity index (χ4v) is 2.14. The zero-order valence-corrected chi connectivity index (χ0v) is 11.2. The van der Waals surface area contributed by atoms with E-state index in [4.69, 9.17) is 5.73 Å². The van der Waals surface area contributed by atoms with E-state index in [1.54, 1.807) is 18.2 Å². The van der Waals surface area contributed by atoms with Crippen LogP contribution in [0.25, 0.3) is 0 Å². The number of benzene rings is 1. The molecule has 0 radical (unpaired) electrons. The Morgan fingerprint density at radius 3 is 2.14 bits per heavy atom. The average Bonchev–Trinajstić information content (AvgIpc) is 2.12. The number of halogens is 3. The molecule has 0 aliphatic rings. The van der Waals surface area contributed by atoms with E-state index >= 15 is 0 Å². The standard InChI is InChI=1S/C9H9Br2NO.ClH/c1-2-8(12)5-3-6(10)9(13)7(11)4-5;/h2-4,8,13H,1,12H2;1H/t8-;/m1./s1. The summed E-state index contributed by atoms with van der Waals surface area (Å²) in [6.07, 6.45) is 1.64. The lowest BCUT2D eigenvalue weighted by Crippen LogP contribution is -2.06. The van der Waals surface area contributed by atoms with Crippen molar-refractivity contribution in [2.75, 3.05) is 0 Å². The van der Waals surface area contributed by atoms with E-state index in [2.05, 4.69) is 38.4 Å². The lowest BCUT2D eigenvalue weighted by molar-refractivity contribution is 0.468. The van der Waals surface area contributed by atoms with Crippen molar-refractivity contribution in [2.24, 2.45) is 5.73 Å². The predicted molar refractivity (Wildman–Crippen MR) is 67.9 cm³/mol. The number of rotatable bonds is 2. The molecular weight excluding hydrogens is 333 g/mol. The van der Waals surface area contributed by atoms with Gasteiger partial charge in [0.05, 0.1) is 8.95 Å². The first kappa shape index (κ1) is 14.0. The van der Waals surface area contributed by atoms with E-state index in [-0.39, 0.29) is 24.2 Å². The molecule has 0 fully saturated rings. The Labute approximate surface area is 106 Å². The van der Waals surface area contributed by atoms with Gasteiger partial charge in [-0.2, -0.15) is 0 Å². The summed E-state index contributed by atoms with van der Waals surface area (Å²) in [5.41, 5.74) is 6.64. The van der Waals surface area contributed by atoms with Crippen molar-refractivity contribution in [1.82, 2.24) is 0 Å². The van der Waals surface area contributed by atoms with Crippen LogP contribution in [0.3, 0.4) is 0 Å². The molecule has 0 spiro atoms. The van der Waals surface area contributed by atoms with Gasteiger partial charge in [0, 0.05) is 6.04 Å². The predicted octanol–water partition coefficient (Wildman–Crippen LogP) is 3.52. The summed E-state index contributed by atoms with van der Waals surface area (Å²) in [7, 11) is 0. The summed E-state index contributed by atoms with van der Waals surface area (Å²) in [4.78, 5) is 0. The average molecular weight is 343 g/mol. The van der Waals surface area contributed by atoms with Crippen LogP contribution >= 0.6 is 44.3 Å². The highest BCUT2D eigenvalue weighted by molar-refractivity contribution is 9.11. The van der Waals surface area contributed by atoms with Crippen LogP contribution in [0.5, 0.6) is 5.75 Å². The maximum absolute atomic E-state index is 9.42. The van der Waals surface area contributed by atoms with Gasteiger partial charge in [-0.1, -0.05) is 6.08 Å². The maximum atomic E-state index is 9.42. The molecule has 0 unspecified atom stereocenters. The van der Waals surface area contributed by atoms with Gasteiger partial charge in [-0.25, -0.2) is 0 Å². The summed E-state index contributed by atoms with van der Waals surface area (Å²) in [5, 5.41) is 9.42. The molecule has 0 heterocycles. The SMILES string of the molecule is C=C[C@@H](N)c1cc(Br)c(O)c(Br)c1.Cl. The molecule has 5 heteroatoms. The van der Waals surface area contributed by atoms with Gasteiger partial charge in [-0.3, -0.25) is 0 Å². The van der Waals surface area contributed by atoms with Crippen molar-refractivity contribution in [3.8, 4) is 5.75 Å². The van der Waals surface area contributed by atoms with Crippen LogP contribution in [0.15, 0.2) is 33.7 Å². The molecule has 78 valence electrons. The highest BCUT2D eigenvalue weighted by atomic mass is 79.9. The molecule has 0 saturated carbocycles. The first-order valence-electron chi connectivity index (χ1n) is 3.62. The van der Waals surface area contributed by atoms with Gasteiger partial charge in [0.25, 0.3) is 0 Å². The lowest BCUT2D eigenvalue weighted by atomic mass is 10.1. The fraction of sp³-hybridized carbons (Fsp3) is 0.111. The second-order valence-corrected chi connectivity index (χ2v) is 4.30. The van der Waals surface area contributed by atoms with Gasteiger partial charge in [-0.15, -0.1) is 19.0 Å². The first-order valence-corrected chi connectivity index (χ1v) is 5.21. The first-order chi connectivity index (χ1) is 6.06. The highest BCUT2D eigenvalue weighted by Crippen LogP contribution is 2.34. The number of phenols is 1. The Morgan fingerprint density at radius 2 is 1.79 bits per heavy atom. The van der Waals surface area contributed by atoms with Gasteiger partial charge in [0.1, 0.15) is 5.75 Å². The van der Waals surface area contributed by atoms with E-state index in [0.29, 0.717) is 8.95 Å². The van der Waals surface area contributed by atoms with Crippen LogP contribution < -0.4 is 5.73 Å². The minimum Gasteiger partial charge on any atom is -0.506 e. The van der Waals surface area contributed by atoms with Crippen LogP contribution in [0, 0.1) is 0 Å². The Bertz CT molecular complexity index is 321. The molecule has 1 aromatic rings. The van der Waals surface area contributed by atoms with Crippen molar-refractivity contribution in [3.05, 3.63) is 39.3 Å². The van der Waals surface area contributed by atoms with Crippen LogP contribution in [0.4, 0.5) is 0 Å². The Morgan fingerprint density at radius 1 is 1.36 bits per heavy atom. The van der Waals surface area contributed by atoms with Gasteiger partial charge >= 0.3 is 0 Å². The van der Waals surface area contributed by atoms with Crippen molar-refractivity contribution < 1.29 is 5.11 Å². The smallest absolute Gasteiger partial charge is 0.143 e. The molecular formula is C9H10Br2ClNO. The summed E-state index contributed by atoms with van der Waals surface area (Å²) in [6.45, 7) is 3.60. The van der Waals surface area contributed by atoms with E-state index in [1.165, 1.54) is 0 Å². The van der Waals surface area contributed by atoms with Crippen LogP contribution in [0.2, 0.25) is 0 Å². The number of hydrogen-bond acceptors (Lipinski definition) is 2. The molecule has 1 aromatic carbocycles. The largest absolute Gasteiger partial charge is 0.506 e. The molecule has 0 amide bonds. The molecule has 0 saturated heterocycles. The third-order valence-electron chi connectivity index (χ3n) is 1.68. The Balaban J connectivity index is 0.00000169. The van der Waals surface area contributed by atoms with E-state index in [1.807, 2.05) is 0 Å². The van der Waals surface area contributed by atoms with Crippen molar-refractivity contribution >= 4 is 44.3 Å². The fourth-order valence-electron chi connectivity index (χ4n) is 0.914. The molecule has 2 nitrogen and oxygen atoms in total. The summed E-state index contributed by atoms with van der Waals surface area (Å²) in [6, 6.07) is 3.33.